The molecule has 0 fully saturated rings. The molecule has 0 saturated heterocycles. The summed E-state index contributed by atoms with van der Waals surface area (Å²) in [5, 5.41) is 5.23. The molecule has 11 heteroatoms. The highest BCUT2D eigenvalue weighted by molar-refractivity contribution is 14.2. The molecule has 0 aliphatic rings. The SMILES string of the molecule is COc1nccc2oc(-c3cnc4ccc(OCCCS(=N)(=O)I)nn34)cc12. The van der Waals surface area contributed by atoms with Crippen LogP contribution in [-0.2, 0) is 6.90 Å². The van der Waals surface area contributed by atoms with Crippen molar-refractivity contribution in [3.05, 3.63) is 36.7 Å². The third-order valence-corrected chi connectivity index (χ3v) is 6.13. The number of nitrogens with zero attached hydrogens (tertiary/aromatic N) is 4. The second kappa shape index (κ2) is 7.54. The summed E-state index contributed by atoms with van der Waals surface area (Å²) in [5.74, 6) is 1.75. The minimum atomic E-state index is -2.54. The van der Waals surface area contributed by atoms with Crippen molar-refractivity contribution in [2.75, 3.05) is 19.5 Å². The number of aromatic nitrogens is 4. The quantitative estimate of drug-likeness (QED) is 0.228. The van der Waals surface area contributed by atoms with Crippen LogP contribution in [0.2, 0.25) is 0 Å². The molecule has 0 radical (unpaired) electrons. The van der Waals surface area contributed by atoms with Crippen molar-refractivity contribution in [2.45, 2.75) is 6.42 Å². The Labute approximate surface area is 172 Å². The molecule has 0 aliphatic carbocycles. The van der Waals surface area contributed by atoms with Crippen LogP contribution in [0.15, 0.2) is 41.1 Å². The van der Waals surface area contributed by atoms with Crippen LogP contribution in [0.3, 0.4) is 0 Å². The number of hydrogen-bond acceptors (Lipinski definition) is 8. The second-order valence-corrected chi connectivity index (χ2v) is 11.8. The van der Waals surface area contributed by atoms with Gasteiger partial charge in [0.25, 0.3) is 0 Å². The summed E-state index contributed by atoms with van der Waals surface area (Å²) < 4.78 is 37.3. The maximum Gasteiger partial charge on any atom is 0.231 e. The first kappa shape index (κ1) is 18.9. The molecule has 146 valence electrons. The lowest BCUT2D eigenvalue weighted by Crippen LogP contribution is -2.06. The maximum atomic E-state index is 11.4. The number of ether oxygens (including phenoxy) is 2. The van der Waals surface area contributed by atoms with Gasteiger partial charge >= 0.3 is 0 Å². The average Bonchev–Trinajstić information content (AvgIpc) is 3.27. The molecule has 0 aliphatic heterocycles. The summed E-state index contributed by atoms with van der Waals surface area (Å²) in [6.45, 7) is -2.21. The third-order valence-electron chi connectivity index (χ3n) is 3.99. The van der Waals surface area contributed by atoms with Crippen molar-refractivity contribution in [1.29, 1.82) is 4.78 Å². The molecule has 1 N–H and O–H groups in total. The largest absolute Gasteiger partial charge is 0.480 e. The lowest BCUT2D eigenvalue weighted by atomic mass is 10.3. The van der Waals surface area contributed by atoms with E-state index in [-0.39, 0.29) is 5.75 Å². The van der Waals surface area contributed by atoms with E-state index in [1.54, 1.807) is 63.4 Å². The van der Waals surface area contributed by atoms with E-state index in [0.717, 1.165) is 5.39 Å². The van der Waals surface area contributed by atoms with Gasteiger partial charge in [0.1, 0.15) is 11.3 Å². The van der Waals surface area contributed by atoms with Crippen LogP contribution in [0.25, 0.3) is 28.1 Å². The lowest BCUT2D eigenvalue weighted by molar-refractivity contribution is 0.301. The number of methoxy groups -OCH3 is 1. The molecule has 0 saturated carbocycles. The van der Waals surface area contributed by atoms with Gasteiger partial charge in [-0.15, -0.1) is 5.10 Å². The zero-order chi connectivity index (χ0) is 19.7. The van der Waals surface area contributed by atoms with Crippen molar-refractivity contribution in [1.82, 2.24) is 19.6 Å². The Morgan fingerprint density at radius 3 is 2.96 bits per heavy atom. The summed E-state index contributed by atoms with van der Waals surface area (Å²) in [7, 11) is 1.56. The highest BCUT2D eigenvalue weighted by Gasteiger charge is 2.15. The first-order chi connectivity index (χ1) is 13.4. The van der Waals surface area contributed by atoms with E-state index in [9.17, 15) is 4.21 Å². The van der Waals surface area contributed by atoms with Gasteiger partial charge in [0.15, 0.2) is 11.4 Å². The van der Waals surface area contributed by atoms with Gasteiger partial charge in [0, 0.05) is 45.3 Å². The smallest absolute Gasteiger partial charge is 0.231 e. The first-order valence-electron chi connectivity index (χ1n) is 8.31. The molecule has 0 amide bonds. The van der Waals surface area contributed by atoms with Gasteiger partial charge in [-0.25, -0.2) is 23.5 Å². The van der Waals surface area contributed by atoms with Crippen molar-refractivity contribution < 1.29 is 18.1 Å². The minimum absolute atomic E-state index is 0.279. The van der Waals surface area contributed by atoms with E-state index < -0.39 is 6.90 Å². The number of hydrogen-bond donors (Lipinski definition) is 1. The monoisotopic (exact) mass is 513 g/mol. The van der Waals surface area contributed by atoms with Gasteiger partial charge in [-0.1, -0.05) is 0 Å². The molecular weight excluding hydrogens is 497 g/mol. The number of imidazole rings is 1. The summed E-state index contributed by atoms with van der Waals surface area (Å²) in [6.07, 6.45) is 3.81. The van der Waals surface area contributed by atoms with Gasteiger partial charge in [-0.3, -0.25) is 0 Å². The predicted octanol–water partition coefficient (Wildman–Crippen LogP) is 3.71. The normalized spacial score (nSPS) is 13.6. The van der Waals surface area contributed by atoms with Crippen molar-refractivity contribution in [3.63, 3.8) is 0 Å². The van der Waals surface area contributed by atoms with E-state index in [2.05, 4.69) is 15.1 Å². The lowest BCUT2D eigenvalue weighted by Gasteiger charge is -2.06. The number of pyridine rings is 1. The summed E-state index contributed by atoms with van der Waals surface area (Å²) >= 11 is 1.65. The fraction of sp³-hybridized carbons (Fsp3) is 0.235. The molecule has 4 rings (SSSR count). The van der Waals surface area contributed by atoms with Crippen LogP contribution in [-0.4, -0.2) is 43.3 Å². The number of rotatable bonds is 7. The van der Waals surface area contributed by atoms with E-state index >= 15 is 0 Å². The zero-order valence-electron chi connectivity index (χ0n) is 14.8. The number of halogens is 1. The number of nitrogens with one attached hydrogen (secondary N) is 1. The summed E-state index contributed by atoms with van der Waals surface area (Å²) in [5.41, 5.74) is 1.97. The van der Waals surface area contributed by atoms with Crippen LogP contribution >= 0.6 is 21.2 Å². The highest BCUT2D eigenvalue weighted by Crippen LogP contribution is 2.32. The Kier molecular flexibility index (Phi) is 5.10. The Morgan fingerprint density at radius 1 is 1.32 bits per heavy atom. The molecule has 1 unspecified atom stereocenters. The van der Waals surface area contributed by atoms with Crippen molar-refractivity contribution >= 4 is 44.7 Å². The molecule has 0 aromatic carbocycles. The van der Waals surface area contributed by atoms with Gasteiger partial charge in [-0.05, 0) is 18.6 Å². The fourth-order valence-corrected chi connectivity index (χ4v) is 4.17. The topological polar surface area (TPSA) is 116 Å². The maximum absolute atomic E-state index is 11.4. The zero-order valence-corrected chi connectivity index (χ0v) is 17.8. The van der Waals surface area contributed by atoms with Crippen LogP contribution in [0, 0.1) is 4.78 Å². The highest BCUT2D eigenvalue weighted by atomic mass is 127. The Hall–Kier alpha value is -2.41. The summed E-state index contributed by atoms with van der Waals surface area (Å²) in [6, 6.07) is 7.12. The van der Waals surface area contributed by atoms with E-state index in [1.807, 2.05) is 6.07 Å². The molecule has 4 heterocycles. The third kappa shape index (κ3) is 3.90. The molecule has 4 aromatic heterocycles. The molecular formula is C17H16IN5O4S. The Balaban J connectivity index is 1.63. The first-order valence-corrected chi connectivity index (χ1v) is 12.6. The van der Waals surface area contributed by atoms with Gasteiger partial charge in [-0.2, -0.15) is 0 Å². The molecule has 28 heavy (non-hydrogen) atoms. The number of furan rings is 1. The van der Waals surface area contributed by atoms with Crippen LogP contribution in [0.5, 0.6) is 11.8 Å². The van der Waals surface area contributed by atoms with Crippen LogP contribution in [0.4, 0.5) is 0 Å². The van der Waals surface area contributed by atoms with E-state index in [4.69, 9.17) is 18.7 Å². The van der Waals surface area contributed by atoms with Gasteiger partial charge < -0.3 is 13.9 Å². The Bertz CT molecular complexity index is 1250. The van der Waals surface area contributed by atoms with Crippen molar-refractivity contribution in [3.8, 4) is 23.2 Å². The molecule has 0 spiro atoms. The van der Waals surface area contributed by atoms with Gasteiger partial charge in [0.05, 0.1) is 32.2 Å². The predicted molar refractivity (Wildman–Crippen MR) is 112 cm³/mol. The second-order valence-electron chi connectivity index (χ2n) is 5.93. The van der Waals surface area contributed by atoms with E-state index in [0.29, 0.717) is 47.5 Å². The standard InChI is InChI=1S/C17H16IN5O4S/c1-25-17-11-9-14(27-13(11)5-6-20-17)12-10-21-15-3-4-16(22-23(12)15)26-7-2-8-28(18,19)24/h3-6,9-10,19H,2,7-8H2,1H3. The van der Waals surface area contributed by atoms with Crippen LogP contribution < -0.4 is 9.47 Å². The fourth-order valence-electron chi connectivity index (χ4n) is 2.75. The minimum Gasteiger partial charge on any atom is -0.480 e. The summed E-state index contributed by atoms with van der Waals surface area (Å²) in [4.78, 5) is 8.53. The molecule has 0 bridgehead atoms. The number of fused-ring (bicyclic) bond motifs is 2. The Morgan fingerprint density at radius 2 is 2.18 bits per heavy atom. The van der Waals surface area contributed by atoms with Crippen molar-refractivity contribution in [2.24, 2.45) is 0 Å². The van der Waals surface area contributed by atoms with Crippen LogP contribution in [0.1, 0.15) is 6.42 Å². The molecule has 1 atom stereocenters. The average molecular weight is 513 g/mol. The molecule has 9 nitrogen and oxygen atoms in total. The van der Waals surface area contributed by atoms with Gasteiger partial charge in [0.2, 0.25) is 11.8 Å². The van der Waals surface area contributed by atoms with E-state index in [1.165, 1.54) is 0 Å². The molecule has 4 aromatic rings.